The van der Waals surface area contributed by atoms with Gasteiger partial charge in [0, 0.05) is 11.2 Å². The molecule has 102 valence electrons. The molecule has 0 saturated heterocycles. The number of amidine groups is 1. The van der Waals surface area contributed by atoms with Crippen molar-refractivity contribution in [3.05, 3.63) is 5.82 Å². The summed E-state index contributed by atoms with van der Waals surface area (Å²) in [6.45, 7) is 5.85. The van der Waals surface area contributed by atoms with Crippen LogP contribution in [0.5, 0.6) is 0 Å². The zero-order valence-corrected chi connectivity index (χ0v) is 11.9. The van der Waals surface area contributed by atoms with Crippen molar-refractivity contribution in [2.75, 3.05) is 5.75 Å². The van der Waals surface area contributed by atoms with Gasteiger partial charge in [-0.3, -0.25) is 5.10 Å². The van der Waals surface area contributed by atoms with Gasteiger partial charge in [0.1, 0.15) is 11.7 Å². The Morgan fingerprint density at radius 1 is 1.50 bits per heavy atom. The maximum atomic E-state index is 8.66. The number of nitrogens with zero attached hydrogens (tertiary/aromatic N) is 3. The van der Waals surface area contributed by atoms with Gasteiger partial charge >= 0.3 is 0 Å². The van der Waals surface area contributed by atoms with Crippen LogP contribution >= 0.6 is 11.8 Å². The largest absolute Gasteiger partial charge is 0.409 e. The number of rotatable bonds is 7. The summed E-state index contributed by atoms with van der Waals surface area (Å²) >= 11 is 1.64. The van der Waals surface area contributed by atoms with E-state index < -0.39 is 0 Å². The zero-order valence-electron chi connectivity index (χ0n) is 11.1. The molecule has 6 nitrogen and oxygen atoms in total. The van der Waals surface area contributed by atoms with Crippen molar-refractivity contribution in [1.29, 1.82) is 0 Å². The highest BCUT2D eigenvalue weighted by molar-refractivity contribution is 7.99. The van der Waals surface area contributed by atoms with E-state index in [1.54, 1.807) is 11.8 Å². The van der Waals surface area contributed by atoms with E-state index in [0.717, 1.165) is 36.0 Å². The molecule has 0 aromatic carbocycles. The van der Waals surface area contributed by atoms with Gasteiger partial charge < -0.3 is 10.9 Å². The summed E-state index contributed by atoms with van der Waals surface area (Å²) in [5.74, 6) is 2.11. The molecule has 7 heteroatoms. The van der Waals surface area contributed by atoms with Crippen LogP contribution in [-0.4, -0.2) is 32.0 Å². The Bertz CT molecular complexity index is 402. The van der Waals surface area contributed by atoms with E-state index in [2.05, 4.69) is 20.3 Å². The highest BCUT2D eigenvalue weighted by Crippen LogP contribution is 2.24. The SMILES string of the molecule is Cc1nc(SCCCCC(C)(C)C(N)=NO)n[nH]1. The summed E-state index contributed by atoms with van der Waals surface area (Å²) in [6.07, 6.45) is 2.98. The van der Waals surface area contributed by atoms with Crippen LogP contribution in [0.1, 0.15) is 38.9 Å². The van der Waals surface area contributed by atoms with Crippen molar-refractivity contribution in [3.8, 4) is 0 Å². The Morgan fingerprint density at radius 2 is 2.22 bits per heavy atom. The third kappa shape index (κ3) is 4.56. The molecule has 4 N–H and O–H groups in total. The van der Waals surface area contributed by atoms with Gasteiger partial charge in [0.25, 0.3) is 0 Å². The Morgan fingerprint density at radius 3 is 2.78 bits per heavy atom. The van der Waals surface area contributed by atoms with Crippen molar-refractivity contribution in [2.24, 2.45) is 16.3 Å². The monoisotopic (exact) mass is 271 g/mol. The molecule has 0 atom stereocenters. The fourth-order valence-corrected chi connectivity index (χ4v) is 2.33. The van der Waals surface area contributed by atoms with Crippen LogP contribution in [0.25, 0.3) is 0 Å². The number of oxime groups is 1. The number of hydrogen-bond acceptors (Lipinski definition) is 5. The lowest BCUT2D eigenvalue weighted by atomic mass is 9.86. The third-order valence-electron chi connectivity index (χ3n) is 2.81. The topological polar surface area (TPSA) is 100 Å². The Hall–Kier alpha value is -1.24. The van der Waals surface area contributed by atoms with Crippen LogP contribution in [0.4, 0.5) is 0 Å². The Labute approximate surface area is 111 Å². The average molecular weight is 271 g/mol. The quantitative estimate of drug-likeness (QED) is 0.176. The molecule has 1 aromatic rings. The van der Waals surface area contributed by atoms with Crippen molar-refractivity contribution in [1.82, 2.24) is 15.2 Å². The van der Waals surface area contributed by atoms with Gasteiger partial charge in [-0.2, -0.15) is 0 Å². The van der Waals surface area contributed by atoms with Gasteiger partial charge in [-0.25, -0.2) is 4.98 Å². The maximum Gasteiger partial charge on any atom is 0.208 e. The summed E-state index contributed by atoms with van der Waals surface area (Å²) < 4.78 is 0. The fourth-order valence-electron chi connectivity index (χ4n) is 1.48. The van der Waals surface area contributed by atoms with E-state index in [1.165, 1.54) is 0 Å². The first kappa shape index (κ1) is 14.8. The van der Waals surface area contributed by atoms with Gasteiger partial charge in [0.15, 0.2) is 0 Å². The molecule has 0 unspecified atom stereocenters. The molecule has 0 saturated carbocycles. The lowest BCUT2D eigenvalue weighted by Gasteiger charge is -2.22. The molecule has 0 amide bonds. The second-order valence-corrected chi connectivity index (χ2v) is 5.94. The molecule has 0 aliphatic rings. The minimum absolute atomic E-state index is 0.249. The Kier molecular flexibility index (Phi) is 5.46. The second-order valence-electron chi connectivity index (χ2n) is 4.88. The predicted molar refractivity (Wildman–Crippen MR) is 72.9 cm³/mol. The molecule has 0 bridgehead atoms. The van der Waals surface area contributed by atoms with Crippen molar-refractivity contribution in [2.45, 2.75) is 45.2 Å². The Balaban J connectivity index is 2.19. The van der Waals surface area contributed by atoms with E-state index in [1.807, 2.05) is 20.8 Å². The molecule has 0 aliphatic carbocycles. The standard InChI is InChI=1S/C11H21N5OS/c1-8-13-10(15-14-8)18-7-5-4-6-11(2,3)9(12)16-17/h17H,4-7H2,1-3H3,(H2,12,16)(H,13,14,15). The summed E-state index contributed by atoms with van der Waals surface area (Å²) in [7, 11) is 0. The molecule has 1 heterocycles. The van der Waals surface area contributed by atoms with E-state index in [4.69, 9.17) is 10.9 Å². The van der Waals surface area contributed by atoms with Gasteiger partial charge in [-0.1, -0.05) is 37.2 Å². The lowest BCUT2D eigenvalue weighted by Crippen LogP contribution is -2.31. The van der Waals surface area contributed by atoms with Crippen LogP contribution in [0.15, 0.2) is 10.3 Å². The highest BCUT2D eigenvalue weighted by atomic mass is 32.2. The van der Waals surface area contributed by atoms with Gasteiger partial charge in [0.05, 0.1) is 0 Å². The number of aromatic amines is 1. The van der Waals surface area contributed by atoms with E-state index in [-0.39, 0.29) is 5.41 Å². The maximum absolute atomic E-state index is 8.66. The van der Waals surface area contributed by atoms with Crippen LogP contribution in [0, 0.1) is 12.3 Å². The minimum Gasteiger partial charge on any atom is -0.409 e. The molecular formula is C11H21N5OS. The van der Waals surface area contributed by atoms with Crippen molar-refractivity contribution < 1.29 is 5.21 Å². The van der Waals surface area contributed by atoms with Crippen molar-refractivity contribution in [3.63, 3.8) is 0 Å². The molecular weight excluding hydrogens is 250 g/mol. The fraction of sp³-hybridized carbons (Fsp3) is 0.727. The average Bonchev–Trinajstić information content (AvgIpc) is 2.73. The minimum atomic E-state index is -0.249. The highest BCUT2D eigenvalue weighted by Gasteiger charge is 2.22. The van der Waals surface area contributed by atoms with Crippen LogP contribution in [-0.2, 0) is 0 Å². The lowest BCUT2D eigenvalue weighted by molar-refractivity contribution is 0.304. The molecule has 0 fully saturated rings. The first-order valence-corrected chi connectivity index (χ1v) is 6.94. The summed E-state index contributed by atoms with van der Waals surface area (Å²) in [6, 6.07) is 0. The number of nitrogens with one attached hydrogen (secondary N) is 1. The van der Waals surface area contributed by atoms with E-state index >= 15 is 0 Å². The molecule has 1 aromatic heterocycles. The number of aromatic nitrogens is 3. The summed E-state index contributed by atoms with van der Waals surface area (Å²) in [5, 5.41) is 19.4. The van der Waals surface area contributed by atoms with Crippen LogP contribution in [0.3, 0.4) is 0 Å². The predicted octanol–water partition coefficient (Wildman–Crippen LogP) is 2.15. The van der Waals surface area contributed by atoms with Gasteiger partial charge in [-0.15, -0.1) is 5.10 Å². The van der Waals surface area contributed by atoms with Crippen LogP contribution in [0.2, 0.25) is 0 Å². The van der Waals surface area contributed by atoms with Gasteiger partial charge in [0.2, 0.25) is 5.16 Å². The van der Waals surface area contributed by atoms with E-state index in [0.29, 0.717) is 5.84 Å². The summed E-state index contributed by atoms with van der Waals surface area (Å²) in [4.78, 5) is 4.22. The smallest absolute Gasteiger partial charge is 0.208 e. The molecule has 18 heavy (non-hydrogen) atoms. The number of H-pyrrole nitrogens is 1. The number of nitrogens with two attached hydrogens (primary N) is 1. The first-order chi connectivity index (χ1) is 8.45. The molecule has 0 radical (unpaired) electrons. The zero-order chi connectivity index (χ0) is 13.6. The molecule has 0 spiro atoms. The van der Waals surface area contributed by atoms with E-state index in [9.17, 15) is 0 Å². The van der Waals surface area contributed by atoms with Crippen LogP contribution < -0.4 is 5.73 Å². The van der Waals surface area contributed by atoms with Gasteiger partial charge in [-0.05, 0) is 19.8 Å². The first-order valence-electron chi connectivity index (χ1n) is 5.95. The normalized spacial score (nSPS) is 12.9. The number of unbranched alkanes of at least 4 members (excludes halogenated alkanes) is 1. The molecule has 0 aliphatic heterocycles. The molecule has 1 rings (SSSR count). The number of aryl methyl sites for hydroxylation is 1. The third-order valence-corrected chi connectivity index (χ3v) is 3.74. The van der Waals surface area contributed by atoms with Crippen molar-refractivity contribution >= 4 is 17.6 Å². The number of hydrogen-bond donors (Lipinski definition) is 3. The second kappa shape index (κ2) is 6.63. The number of thioether (sulfide) groups is 1. The summed E-state index contributed by atoms with van der Waals surface area (Å²) in [5.41, 5.74) is 5.38.